The quantitative estimate of drug-likeness (QED) is 0.809. The van der Waals surface area contributed by atoms with Gasteiger partial charge in [-0.1, -0.05) is 31.9 Å². The zero-order valence-electron chi connectivity index (χ0n) is 10.6. The normalized spacial score (nSPS) is 13.2. The van der Waals surface area contributed by atoms with Gasteiger partial charge >= 0.3 is 6.36 Å². The number of rotatable bonds is 6. The number of hydrogen-bond acceptors (Lipinski definition) is 2. The Kier molecular flexibility index (Phi) is 5.31. The molecule has 1 rings (SSSR count). The van der Waals surface area contributed by atoms with Crippen LogP contribution in [0.1, 0.15) is 33.1 Å². The van der Waals surface area contributed by atoms with E-state index in [9.17, 15) is 13.2 Å². The standard InChI is InChI=1S/C13H18F3NO/c1-3-4-7-10(2)17-11-8-5-6-9-12(11)18-13(14,15)16/h5-6,8-10,17H,3-4,7H2,1-2H3. The first kappa shape index (κ1) is 14.7. The lowest BCUT2D eigenvalue weighted by molar-refractivity contribution is -0.274. The van der Waals surface area contributed by atoms with Crippen LogP contribution in [0.4, 0.5) is 18.9 Å². The summed E-state index contributed by atoms with van der Waals surface area (Å²) in [6.07, 6.45) is -1.65. The number of hydrogen-bond donors (Lipinski definition) is 1. The fraction of sp³-hybridized carbons (Fsp3) is 0.538. The fourth-order valence-corrected chi connectivity index (χ4v) is 1.65. The predicted octanol–water partition coefficient (Wildman–Crippen LogP) is 4.58. The van der Waals surface area contributed by atoms with Crippen molar-refractivity contribution in [2.24, 2.45) is 0 Å². The molecule has 1 atom stereocenters. The number of nitrogens with one attached hydrogen (secondary N) is 1. The number of para-hydroxylation sites is 2. The minimum atomic E-state index is -4.66. The van der Waals surface area contributed by atoms with Crippen LogP contribution >= 0.6 is 0 Å². The molecular formula is C13H18F3NO. The molecule has 0 aliphatic rings. The molecule has 0 amide bonds. The highest BCUT2D eigenvalue weighted by atomic mass is 19.4. The third-order valence-corrected chi connectivity index (χ3v) is 2.51. The van der Waals surface area contributed by atoms with E-state index < -0.39 is 6.36 Å². The molecule has 5 heteroatoms. The Labute approximate surface area is 105 Å². The Morgan fingerprint density at radius 2 is 1.94 bits per heavy atom. The number of alkyl halides is 3. The monoisotopic (exact) mass is 261 g/mol. The average Bonchev–Trinajstić information content (AvgIpc) is 2.27. The van der Waals surface area contributed by atoms with Gasteiger partial charge in [0.05, 0.1) is 5.69 Å². The minimum Gasteiger partial charge on any atom is -0.404 e. The van der Waals surface area contributed by atoms with Gasteiger partial charge < -0.3 is 10.1 Å². The Hall–Kier alpha value is -1.39. The maximum atomic E-state index is 12.2. The molecule has 0 heterocycles. The highest BCUT2D eigenvalue weighted by Crippen LogP contribution is 2.30. The van der Waals surface area contributed by atoms with E-state index in [1.165, 1.54) is 12.1 Å². The summed E-state index contributed by atoms with van der Waals surface area (Å²) < 4.78 is 40.6. The van der Waals surface area contributed by atoms with E-state index in [4.69, 9.17) is 0 Å². The highest BCUT2D eigenvalue weighted by molar-refractivity contribution is 5.56. The van der Waals surface area contributed by atoms with Gasteiger partial charge in [-0.15, -0.1) is 13.2 Å². The molecule has 0 saturated heterocycles. The Bertz CT molecular complexity index is 365. The fourth-order valence-electron chi connectivity index (χ4n) is 1.65. The molecule has 18 heavy (non-hydrogen) atoms. The lowest BCUT2D eigenvalue weighted by Crippen LogP contribution is -2.20. The van der Waals surface area contributed by atoms with E-state index in [1.807, 2.05) is 6.92 Å². The molecular weight excluding hydrogens is 243 g/mol. The maximum absolute atomic E-state index is 12.2. The van der Waals surface area contributed by atoms with Gasteiger partial charge in [-0.25, -0.2) is 0 Å². The first-order chi connectivity index (χ1) is 8.42. The van der Waals surface area contributed by atoms with Crippen molar-refractivity contribution in [2.45, 2.75) is 45.5 Å². The molecule has 0 radical (unpaired) electrons. The number of unbranched alkanes of at least 4 members (excludes halogenated alkanes) is 1. The smallest absolute Gasteiger partial charge is 0.404 e. The van der Waals surface area contributed by atoms with Crippen LogP contribution < -0.4 is 10.1 Å². The summed E-state index contributed by atoms with van der Waals surface area (Å²) in [5.74, 6) is -0.187. The minimum absolute atomic E-state index is 0.114. The predicted molar refractivity (Wildman–Crippen MR) is 65.7 cm³/mol. The lowest BCUT2D eigenvalue weighted by atomic mass is 10.1. The third kappa shape index (κ3) is 5.29. The number of benzene rings is 1. The van der Waals surface area contributed by atoms with Gasteiger partial charge in [-0.3, -0.25) is 0 Å². The molecule has 1 N–H and O–H groups in total. The first-order valence-corrected chi connectivity index (χ1v) is 6.03. The van der Waals surface area contributed by atoms with Gasteiger partial charge in [-0.2, -0.15) is 0 Å². The van der Waals surface area contributed by atoms with Crippen LogP contribution in [-0.4, -0.2) is 12.4 Å². The zero-order chi connectivity index (χ0) is 13.6. The maximum Gasteiger partial charge on any atom is 0.573 e. The van der Waals surface area contributed by atoms with E-state index in [1.54, 1.807) is 12.1 Å². The van der Waals surface area contributed by atoms with Crippen LogP contribution in [-0.2, 0) is 0 Å². The van der Waals surface area contributed by atoms with Crippen LogP contribution in [0, 0.1) is 0 Å². The summed E-state index contributed by atoms with van der Waals surface area (Å²) in [6.45, 7) is 4.02. The second kappa shape index (κ2) is 6.52. The molecule has 0 spiro atoms. The zero-order valence-corrected chi connectivity index (χ0v) is 10.6. The van der Waals surface area contributed by atoms with Crippen molar-refractivity contribution >= 4 is 5.69 Å². The molecule has 2 nitrogen and oxygen atoms in total. The lowest BCUT2D eigenvalue weighted by Gasteiger charge is -2.18. The number of ether oxygens (including phenoxy) is 1. The van der Waals surface area contributed by atoms with Gasteiger partial charge in [0.2, 0.25) is 0 Å². The molecule has 102 valence electrons. The molecule has 0 saturated carbocycles. The van der Waals surface area contributed by atoms with E-state index in [2.05, 4.69) is 17.0 Å². The molecule has 1 unspecified atom stereocenters. The van der Waals surface area contributed by atoms with Gasteiger partial charge in [-0.05, 0) is 25.5 Å². The van der Waals surface area contributed by atoms with Crippen molar-refractivity contribution in [3.05, 3.63) is 24.3 Å². The summed E-state index contributed by atoms with van der Waals surface area (Å²) in [7, 11) is 0. The molecule has 0 fully saturated rings. The largest absolute Gasteiger partial charge is 0.573 e. The second-order valence-corrected chi connectivity index (χ2v) is 4.23. The van der Waals surface area contributed by atoms with Crippen LogP contribution in [0.5, 0.6) is 5.75 Å². The van der Waals surface area contributed by atoms with Gasteiger partial charge in [0, 0.05) is 6.04 Å². The van der Waals surface area contributed by atoms with Crippen molar-refractivity contribution in [1.29, 1.82) is 0 Å². The van der Waals surface area contributed by atoms with Crippen molar-refractivity contribution in [2.75, 3.05) is 5.32 Å². The van der Waals surface area contributed by atoms with Crippen molar-refractivity contribution in [3.63, 3.8) is 0 Å². The molecule has 0 aliphatic carbocycles. The second-order valence-electron chi connectivity index (χ2n) is 4.23. The van der Waals surface area contributed by atoms with E-state index >= 15 is 0 Å². The molecule has 1 aromatic carbocycles. The molecule has 0 aliphatic heterocycles. The number of halogens is 3. The first-order valence-electron chi connectivity index (χ1n) is 6.03. The van der Waals surface area contributed by atoms with Crippen LogP contribution in [0.25, 0.3) is 0 Å². The Morgan fingerprint density at radius 1 is 1.28 bits per heavy atom. The van der Waals surface area contributed by atoms with Crippen LogP contribution in [0.3, 0.4) is 0 Å². The van der Waals surface area contributed by atoms with Gasteiger partial charge in [0.1, 0.15) is 0 Å². The highest BCUT2D eigenvalue weighted by Gasteiger charge is 2.32. The third-order valence-electron chi connectivity index (χ3n) is 2.51. The molecule has 1 aromatic rings. The summed E-state index contributed by atoms with van der Waals surface area (Å²) in [5.41, 5.74) is 0.374. The van der Waals surface area contributed by atoms with E-state index in [-0.39, 0.29) is 11.8 Å². The summed E-state index contributed by atoms with van der Waals surface area (Å²) >= 11 is 0. The SMILES string of the molecule is CCCCC(C)Nc1ccccc1OC(F)(F)F. The van der Waals surface area contributed by atoms with Crippen molar-refractivity contribution in [1.82, 2.24) is 0 Å². The van der Waals surface area contributed by atoms with Crippen molar-refractivity contribution in [3.8, 4) is 5.75 Å². The van der Waals surface area contributed by atoms with E-state index in [0.717, 1.165) is 19.3 Å². The van der Waals surface area contributed by atoms with Crippen LogP contribution in [0.2, 0.25) is 0 Å². The van der Waals surface area contributed by atoms with Crippen LogP contribution in [0.15, 0.2) is 24.3 Å². The molecule has 0 bridgehead atoms. The van der Waals surface area contributed by atoms with Gasteiger partial charge in [0.15, 0.2) is 5.75 Å². The average molecular weight is 261 g/mol. The summed E-state index contributed by atoms with van der Waals surface area (Å²) in [4.78, 5) is 0. The summed E-state index contributed by atoms with van der Waals surface area (Å²) in [6, 6.07) is 6.20. The summed E-state index contributed by atoms with van der Waals surface area (Å²) in [5, 5.41) is 3.04. The van der Waals surface area contributed by atoms with Gasteiger partial charge in [0.25, 0.3) is 0 Å². The Balaban J connectivity index is 2.70. The van der Waals surface area contributed by atoms with E-state index in [0.29, 0.717) is 5.69 Å². The topological polar surface area (TPSA) is 21.3 Å². The Morgan fingerprint density at radius 3 is 2.56 bits per heavy atom. The van der Waals surface area contributed by atoms with Crippen molar-refractivity contribution < 1.29 is 17.9 Å². The molecule has 0 aromatic heterocycles. The number of anilines is 1.